The molecule has 0 N–H and O–H groups in total. The average molecular weight is 370 g/mol. The Bertz CT molecular complexity index is 717. The third-order valence-electron chi connectivity index (χ3n) is 7.44. The van der Waals surface area contributed by atoms with E-state index in [1.165, 1.54) is 43.5 Å². The van der Waals surface area contributed by atoms with Gasteiger partial charge in [-0.1, -0.05) is 0 Å². The van der Waals surface area contributed by atoms with Gasteiger partial charge in [-0.05, 0) is 80.5 Å². The number of piperazine rings is 1. The number of nitrogens with zero attached hydrogens (tertiary/aromatic N) is 2. The number of hydrogen-bond donors (Lipinski definition) is 0. The van der Waals surface area contributed by atoms with E-state index in [1.54, 1.807) is 4.90 Å². The molecule has 0 atom stereocenters. The Labute approximate surface area is 159 Å². The van der Waals surface area contributed by atoms with Gasteiger partial charge in [0.1, 0.15) is 5.82 Å². The molecule has 2 amide bonds. The largest absolute Gasteiger partial charge is 0.339 e. The molecule has 0 unspecified atom stereocenters. The Morgan fingerprint density at radius 3 is 1.81 bits per heavy atom. The highest BCUT2D eigenvalue weighted by molar-refractivity contribution is 5.94. The topological polar surface area (TPSA) is 40.6 Å². The zero-order chi connectivity index (χ0) is 18.6. The number of amides is 2. The molecule has 5 fully saturated rings. The zero-order valence-corrected chi connectivity index (χ0v) is 15.7. The quantitative estimate of drug-likeness (QED) is 0.801. The van der Waals surface area contributed by atoms with Crippen molar-refractivity contribution in [1.82, 2.24) is 9.80 Å². The third-order valence-corrected chi connectivity index (χ3v) is 7.44. The Hall–Kier alpha value is -1.91. The summed E-state index contributed by atoms with van der Waals surface area (Å²) in [6, 6.07) is 5.70. The van der Waals surface area contributed by atoms with E-state index in [0.29, 0.717) is 37.6 Å². The molecule has 1 saturated heterocycles. The lowest BCUT2D eigenvalue weighted by atomic mass is 9.49. The minimum Gasteiger partial charge on any atom is -0.339 e. The third kappa shape index (κ3) is 2.95. The summed E-state index contributed by atoms with van der Waals surface area (Å²) in [4.78, 5) is 29.8. The lowest BCUT2D eigenvalue weighted by Crippen LogP contribution is -2.58. The van der Waals surface area contributed by atoms with E-state index in [-0.39, 0.29) is 17.1 Å². The molecule has 0 radical (unpaired) electrons. The summed E-state index contributed by atoms with van der Waals surface area (Å²) in [5, 5.41) is 0. The van der Waals surface area contributed by atoms with Crippen LogP contribution in [0.4, 0.5) is 4.39 Å². The van der Waals surface area contributed by atoms with Crippen molar-refractivity contribution >= 4 is 11.8 Å². The summed E-state index contributed by atoms with van der Waals surface area (Å²) >= 11 is 0. The first-order valence-corrected chi connectivity index (χ1v) is 10.4. The van der Waals surface area contributed by atoms with Gasteiger partial charge >= 0.3 is 0 Å². The maximum atomic E-state index is 13.4. The first-order valence-electron chi connectivity index (χ1n) is 10.4. The van der Waals surface area contributed by atoms with Gasteiger partial charge < -0.3 is 9.80 Å². The molecule has 1 aromatic carbocycles. The highest BCUT2D eigenvalue weighted by atomic mass is 19.1. The minimum atomic E-state index is -0.336. The number of rotatable bonds is 2. The van der Waals surface area contributed by atoms with Crippen molar-refractivity contribution in [3.05, 3.63) is 35.6 Å². The van der Waals surface area contributed by atoms with Crippen LogP contribution in [0.5, 0.6) is 0 Å². The maximum Gasteiger partial charge on any atom is 0.253 e. The molecule has 0 aromatic heterocycles. The van der Waals surface area contributed by atoms with E-state index < -0.39 is 0 Å². The van der Waals surface area contributed by atoms with Gasteiger partial charge in [0.2, 0.25) is 5.91 Å². The van der Waals surface area contributed by atoms with Crippen LogP contribution in [0.3, 0.4) is 0 Å². The lowest BCUT2D eigenvalue weighted by molar-refractivity contribution is -0.159. The summed E-state index contributed by atoms with van der Waals surface area (Å²) < 4.78 is 13.1. The molecular weight excluding hydrogens is 343 g/mol. The number of halogens is 1. The van der Waals surface area contributed by atoms with Crippen LogP contribution in [-0.4, -0.2) is 47.8 Å². The molecule has 5 aliphatic rings. The molecule has 1 aromatic rings. The highest BCUT2D eigenvalue weighted by Gasteiger charge is 2.55. The molecule has 4 nitrogen and oxygen atoms in total. The predicted molar refractivity (Wildman–Crippen MR) is 99.5 cm³/mol. The van der Waals surface area contributed by atoms with E-state index in [9.17, 15) is 14.0 Å². The van der Waals surface area contributed by atoms with Gasteiger partial charge in [-0.2, -0.15) is 0 Å². The van der Waals surface area contributed by atoms with Crippen molar-refractivity contribution in [3.8, 4) is 0 Å². The molecule has 144 valence electrons. The van der Waals surface area contributed by atoms with Crippen molar-refractivity contribution in [2.45, 2.75) is 38.5 Å². The van der Waals surface area contributed by atoms with Crippen LogP contribution < -0.4 is 0 Å². The van der Waals surface area contributed by atoms with E-state index in [0.717, 1.165) is 37.0 Å². The standard InChI is InChI=1S/C22H27FN2O2/c23-19-3-1-18(2-4-19)20(26)24-5-7-25(8-6-24)21(27)22-12-15-9-16(13-22)11-17(10-15)14-22/h1-4,15-17H,5-14H2. The van der Waals surface area contributed by atoms with Gasteiger partial charge in [0.05, 0.1) is 5.41 Å². The molecule has 1 heterocycles. The normalized spacial score (nSPS) is 34.8. The second-order valence-corrected chi connectivity index (χ2v) is 9.29. The van der Waals surface area contributed by atoms with Crippen molar-refractivity contribution < 1.29 is 14.0 Å². The summed E-state index contributed by atoms with van der Waals surface area (Å²) in [7, 11) is 0. The highest BCUT2D eigenvalue weighted by Crippen LogP contribution is 2.60. The molecule has 6 rings (SSSR count). The van der Waals surface area contributed by atoms with Crippen LogP contribution in [0.2, 0.25) is 0 Å². The average Bonchev–Trinajstić information content (AvgIpc) is 2.66. The number of benzene rings is 1. The van der Waals surface area contributed by atoms with Gasteiger partial charge in [0.25, 0.3) is 5.91 Å². The molecule has 1 aliphatic heterocycles. The second-order valence-electron chi connectivity index (χ2n) is 9.29. The smallest absolute Gasteiger partial charge is 0.253 e. The lowest BCUT2D eigenvalue weighted by Gasteiger charge is -2.57. The van der Waals surface area contributed by atoms with E-state index in [1.807, 2.05) is 4.90 Å². The van der Waals surface area contributed by atoms with Crippen LogP contribution in [-0.2, 0) is 4.79 Å². The summed E-state index contributed by atoms with van der Waals surface area (Å²) in [5.74, 6) is 2.24. The number of carbonyl (C=O) groups is 2. The van der Waals surface area contributed by atoms with Crippen LogP contribution >= 0.6 is 0 Å². The van der Waals surface area contributed by atoms with Crippen molar-refractivity contribution in [1.29, 1.82) is 0 Å². The first-order chi connectivity index (χ1) is 13.0. The molecule has 0 spiro atoms. The van der Waals surface area contributed by atoms with Gasteiger partial charge in [0, 0.05) is 31.7 Å². The summed E-state index contributed by atoms with van der Waals surface area (Å²) in [6.07, 6.45) is 7.29. The molecule has 4 aliphatic carbocycles. The summed E-state index contributed by atoms with van der Waals surface area (Å²) in [6.45, 7) is 2.36. The molecular formula is C22H27FN2O2. The van der Waals surface area contributed by atoms with Gasteiger partial charge in [-0.15, -0.1) is 0 Å². The van der Waals surface area contributed by atoms with Crippen LogP contribution in [0.1, 0.15) is 48.9 Å². The monoisotopic (exact) mass is 370 g/mol. The van der Waals surface area contributed by atoms with Gasteiger partial charge in [-0.25, -0.2) is 4.39 Å². The Kier molecular flexibility index (Phi) is 4.03. The number of carbonyl (C=O) groups excluding carboxylic acids is 2. The van der Waals surface area contributed by atoms with Crippen LogP contribution in [0, 0.1) is 29.0 Å². The van der Waals surface area contributed by atoms with Crippen LogP contribution in [0.25, 0.3) is 0 Å². The first kappa shape index (κ1) is 17.2. The fraction of sp³-hybridized carbons (Fsp3) is 0.636. The minimum absolute atomic E-state index is 0.0723. The molecule has 4 bridgehead atoms. The SMILES string of the molecule is O=C(c1ccc(F)cc1)N1CCN(C(=O)C23CC4CC(CC(C4)C2)C3)CC1. The Morgan fingerprint density at radius 1 is 0.815 bits per heavy atom. The zero-order valence-electron chi connectivity index (χ0n) is 15.7. The fourth-order valence-corrected chi connectivity index (χ4v) is 6.60. The predicted octanol–water partition coefficient (Wildman–Crippen LogP) is 3.33. The van der Waals surface area contributed by atoms with Crippen molar-refractivity contribution in [2.75, 3.05) is 26.2 Å². The second kappa shape index (κ2) is 6.32. The van der Waals surface area contributed by atoms with E-state index >= 15 is 0 Å². The van der Waals surface area contributed by atoms with E-state index in [4.69, 9.17) is 0 Å². The fourth-order valence-electron chi connectivity index (χ4n) is 6.60. The molecule has 4 saturated carbocycles. The number of hydrogen-bond acceptors (Lipinski definition) is 2. The maximum absolute atomic E-state index is 13.4. The van der Waals surface area contributed by atoms with E-state index in [2.05, 4.69) is 0 Å². The van der Waals surface area contributed by atoms with Crippen molar-refractivity contribution in [2.24, 2.45) is 23.2 Å². The molecule has 5 heteroatoms. The molecule has 27 heavy (non-hydrogen) atoms. The van der Waals surface area contributed by atoms with Crippen LogP contribution in [0.15, 0.2) is 24.3 Å². The summed E-state index contributed by atoms with van der Waals surface area (Å²) in [5.41, 5.74) is 0.412. The van der Waals surface area contributed by atoms with Gasteiger partial charge in [-0.3, -0.25) is 9.59 Å². The Balaban J connectivity index is 1.24. The van der Waals surface area contributed by atoms with Crippen molar-refractivity contribution in [3.63, 3.8) is 0 Å². The Morgan fingerprint density at radius 2 is 1.30 bits per heavy atom. The van der Waals surface area contributed by atoms with Gasteiger partial charge in [0.15, 0.2) is 0 Å².